The molecule has 0 amide bonds. The third-order valence-electron chi connectivity index (χ3n) is 1.92. The average molecular weight is 229 g/mol. The highest BCUT2D eigenvalue weighted by Gasteiger charge is 2.25. The van der Waals surface area contributed by atoms with Crippen molar-refractivity contribution in [3.63, 3.8) is 0 Å². The van der Waals surface area contributed by atoms with E-state index >= 15 is 0 Å². The maximum atomic E-state index is 6.02. The molecule has 1 aromatic heterocycles. The molecule has 0 spiro atoms. The second-order valence-electron chi connectivity index (χ2n) is 5.23. The molecule has 2 nitrogen and oxygen atoms in total. The van der Waals surface area contributed by atoms with Gasteiger partial charge in [-0.2, -0.15) is 0 Å². The zero-order valence-electron chi connectivity index (χ0n) is 9.63. The first-order valence-corrected chi connectivity index (χ1v) is 7.07. The van der Waals surface area contributed by atoms with Gasteiger partial charge in [-0.25, -0.2) is 4.98 Å². The molecule has 0 aliphatic heterocycles. The molecule has 80 valence electrons. The SMILES string of the molecule is CC(C)(C)[SiH2]OC(C)(C)c1cscn1. The predicted octanol–water partition coefficient (Wildman–Crippen LogP) is 2.70. The largest absolute Gasteiger partial charge is 0.413 e. The van der Waals surface area contributed by atoms with Gasteiger partial charge in [-0.05, 0) is 18.9 Å². The van der Waals surface area contributed by atoms with E-state index in [-0.39, 0.29) is 5.60 Å². The van der Waals surface area contributed by atoms with E-state index in [0.717, 1.165) is 5.69 Å². The first-order valence-electron chi connectivity index (χ1n) is 4.84. The van der Waals surface area contributed by atoms with Gasteiger partial charge >= 0.3 is 0 Å². The summed E-state index contributed by atoms with van der Waals surface area (Å²) in [5.41, 5.74) is 2.71. The number of thiazole rings is 1. The van der Waals surface area contributed by atoms with Crippen molar-refractivity contribution in [1.29, 1.82) is 0 Å². The number of hydrogen-bond donors (Lipinski definition) is 0. The Balaban J connectivity index is 2.59. The molecule has 1 aromatic rings. The van der Waals surface area contributed by atoms with Crippen molar-refractivity contribution in [2.45, 2.75) is 45.3 Å². The molecular formula is C10H19NOSSi. The van der Waals surface area contributed by atoms with Crippen molar-refractivity contribution >= 4 is 21.1 Å². The van der Waals surface area contributed by atoms with Gasteiger partial charge in [0.25, 0.3) is 0 Å². The molecule has 1 heterocycles. The normalized spacial score (nSPS) is 14.1. The molecule has 0 aliphatic carbocycles. The van der Waals surface area contributed by atoms with Gasteiger partial charge in [0, 0.05) is 5.38 Å². The minimum Gasteiger partial charge on any atom is -0.413 e. The lowest BCUT2D eigenvalue weighted by Crippen LogP contribution is -2.27. The van der Waals surface area contributed by atoms with Crippen LogP contribution in [0.4, 0.5) is 0 Å². The summed E-state index contributed by atoms with van der Waals surface area (Å²) < 4.78 is 6.02. The Labute approximate surface area is 92.7 Å². The highest BCUT2D eigenvalue weighted by Crippen LogP contribution is 2.28. The van der Waals surface area contributed by atoms with Gasteiger partial charge in [0.15, 0.2) is 9.76 Å². The highest BCUT2D eigenvalue weighted by atomic mass is 32.1. The van der Waals surface area contributed by atoms with Crippen LogP contribution in [0.2, 0.25) is 5.04 Å². The zero-order chi connectivity index (χ0) is 10.8. The van der Waals surface area contributed by atoms with Gasteiger partial charge in [0.2, 0.25) is 0 Å². The maximum absolute atomic E-state index is 6.02. The van der Waals surface area contributed by atoms with E-state index in [1.807, 2.05) is 5.51 Å². The zero-order valence-corrected chi connectivity index (χ0v) is 11.9. The first-order chi connectivity index (χ1) is 6.31. The Morgan fingerprint density at radius 3 is 2.36 bits per heavy atom. The minimum absolute atomic E-state index is 0.209. The molecule has 1 rings (SSSR count). The molecule has 0 atom stereocenters. The van der Waals surface area contributed by atoms with Crippen LogP contribution in [-0.2, 0) is 10.0 Å². The number of aromatic nitrogens is 1. The molecule has 0 fully saturated rings. The van der Waals surface area contributed by atoms with Crippen LogP contribution in [0.5, 0.6) is 0 Å². The van der Waals surface area contributed by atoms with Crippen molar-refractivity contribution in [3.8, 4) is 0 Å². The van der Waals surface area contributed by atoms with Gasteiger partial charge in [-0.1, -0.05) is 20.8 Å². The molecule has 0 saturated heterocycles. The van der Waals surface area contributed by atoms with Crippen molar-refractivity contribution in [2.24, 2.45) is 0 Å². The molecule has 0 aliphatic rings. The highest BCUT2D eigenvalue weighted by molar-refractivity contribution is 7.07. The summed E-state index contributed by atoms with van der Waals surface area (Å²) in [6.07, 6.45) is 0. The summed E-state index contributed by atoms with van der Waals surface area (Å²) in [5, 5.41) is 2.41. The van der Waals surface area contributed by atoms with Gasteiger partial charge < -0.3 is 4.43 Å². The minimum atomic E-state index is -0.512. The van der Waals surface area contributed by atoms with Crippen LogP contribution in [0.1, 0.15) is 40.3 Å². The molecule has 4 heteroatoms. The van der Waals surface area contributed by atoms with Gasteiger partial charge in [-0.3, -0.25) is 0 Å². The van der Waals surface area contributed by atoms with Crippen LogP contribution >= 0.6 is 11.3 Å². The van der Waals surface area contributed by atoms with Crippen LogP contribution in [0.25, 0.3) is 0 Å². The van der Waals surface area contributed by atoms with Gasteiger partial charge in [-0.15, -0.1) is 11.3 Å². The van der Waals surface area contributed by atoms with E-state index in [1.165, 1.54) is 0 Å². The summed E-state index contributed by atoms with van der Waals surface area (Å²) in [6, 6.07) is 0. The molecule has 0 aromatic carbocycles. The van der Waals surface area contributed by atoms with Crippen molar-refractivity contribution in [3.05, 3.63) is 16.6 Å². The van der Waals surface area contributed by atoms with E-state index < -0.39 is 9.76 Å². The quantitative estimate of drug-likeness (QED) is 0.744. The monoisotopic (exact) mass is 229 g/mol. The van der Waals surface area contributed by atoms with Crippen LogP contribution in [0.3, 0.4) is 0 Å². The van der Waals surface area contributed by atoms with Crippen molar-refractivity contribution in [2.75, 3.05) is 0 Å². The molecule has 14 heavy (non-hydrogen) atoms. The Hall–Kier alpha value is -0.193. The maximum Gasteiger partial charge on any atom is 0.168 e. The van der Waals surface area contributed by atoms with Gasteiger partial charge in [0.05, 0.1) is 16.8 Å². The van der Waals surface area contributed by atoms with Crippen LogP contribution in [-0.4, -0.2) is 14.7 Å². The third-order valence-corrected chi connectivity index (χ3v) is 4.23. The number of rotatable bonds is 3. The first kappa shape index (κ1) is 11.9. The van der Waals surface area contributed by atoms with E-state index in [4.69, 9.17) is 4.43 Å². The van der Waals surface area contributed by atoms with E-state index in [9.17, 15) is 0 Å². The summed E-state index contributed by atoms with van der Waals surface area (Å²) in [4.78, 5) is 4.30. The number of nitrogens with zero attached hydrogens (tertiary/aromatic N) is 1. The molecule has 0 N–H and O–H groups in total. The summed E-state index contributed by atoms with van der Waals surface area (Å²) >= 11 is 1.62. The molecule has 0 radical (unpaired) electrons. The second kappa shape index (κ2) is 4.12. The molecule has 0 saturated carbocycles. The van der Waals surface area contributed by atoms with E-state index in [2.05, 4.69) is 45.0 Å². The summed E-state index contributed by atoms with van der Waals surface area (Å²) in [6.45, 7) is 10.9. The van der Waals surface area contributed by atoms with E-state index in [0.29, 0.717) is 5.04 Å². The van der Waals surface area contributed by atoms with Gasteiger partial charge in [0.1, 0.15) is 0 Å². The lowest BCUT2D eigenvalue weighted by molar-refractivity contribution is 0.105. The smallest absolute Gasteiger partial charge is 0.168 e. The summed E-state index contributed by atoms with van der Waals surface area (Å²) in [7, 11) is -0.512. The predicted molar refractivity (Wildman–Crippen MR) is 64.5 cm³/mol. The lowest BCUT2D eigenvalue weighted by Gasteiger charge is -2.28. The Bertz CT molecular complexity index is 277. The van der Waals surface area contributed by atoms with Crippen molar-refractivity contribution in [1.82, 2.24) is 4.98 Å². The molecule has 0 bridgehead atoms. The average Bonchev–Trinajstić information content (AvgIpc) is 2.52. The topological polar surface area (TPSA) is 22.1 Å². The van der Waals surface area contributed by atoms with E-state index in [1.54, 1.807) is 11.3 Å². The van der Waals surface area contributed by atoms with Crippen LogP contribution in [0, 0.1) is 0 Å². The van der Waals surface area contributed by atoms with Crippen LogP contribution < -0.4 is 0 Å². The van der Waals surface area contributed by atoms with Crippen LogP contribution in [0.15, 0.2) is 10.9 Å². The fraction of sp³-hybridized carbons (Fsp3) is 0.700. The third kappa shape index (κ3) is 3.51. The number of hydrogen-bond acceptors (Lipinski definition) is 3. The summed E-state index contributed by atoms with van der Waals surface area (Å²) in [5.74, 6) is 0. The Morgan fingerprint density at radius 1 is 1.29 bits per heavy atom. The molecule has 0 unspecified atom stereocenters. The van der Waals surface area contributed by atoms with Crippen molar-refractivity contribution < 1.29 is 4.43 Å². The Kier molecular flexibility index (Phi) is 3.50. The molecular weight excluding hydrogens is 210 g/mol. The lowest BCUT2D eigenvalue weighted by atomic mass is 10.1. The fourth-order valence-corrected chi connectivity index (χ4v) is 2.63. The Morgan fingerprint density at radius 2 is 1.93 bits per heavy atom. The standard InChI is InChI=1S/C10H19NOSSi/c1-9(2,3)14-12-10(4,5)8-6-13-7-11-8/h6-7H,14H2,1-5H3. The fourth-order valence-electron chi connectivity index (χ4n) is 0.981. The second-order valence-corrected chi connectivity index (χ2v) is 8.65.